The van der Waals surface area contributed by atoms with Gasteiger partial charge in [0, 0.05) is 27.6 Å². The number of H-pyrrole nitrogens is 1. The molecule has 0 saturated carbocycles. The van der Waals surface area contributed by atoms with Gasteiger partial charge in [0.25, 0.3) is 5.91 Å². The molecule has 3 aromatic rings. The molecule has 1 heterocycles. The Bertz CT molecular complexity index is 901. The Hall–Kier alpha value is -2.14. The van der Waals surface area contributed by atoms with E-state index >= 15 is 0 Å². The topological polar surface area (TPSA) is 44.9 Å². The second-order valence-corrected chi connectivity index (χ2v) is 6.48. The number of aromatic amines is 1. The van der Waals surface area contributed by atoms with E-state index in [0.717, 1.165) is 22.2 Å². The zero-order valence-electron chi connectivity index (χ0n) is 12.8. The molecule has 5 heteroatoms. The normalized spacial score (nSPS) is 11.0. The first-order valence-electron chi connectivity index (χ1n) is 7.27. The van der Waals surface area contributed by atoms with E-state index in [4.69, 9.17) is 0 Å². The van der Waals surface area contributed by atoms with E-state index in [0.29, 0.717) is 11.0 Å². The van der Waals surface area contributed by atoms with Gasteiger partial charge in [-0.1, -0.05) is 22.0 Å². The van der Waals surface area contributed by atoms with Gasteiger partial charge in [-0.3, -0.25) is 4.79 Å². The number of carbonyl (C=O) groups is 1. The van der Waals surface area contributed by atoms with Crippen LogP contribution < -0.4 is 5.32 Å². The summed E-state index contributed by atoms with van der Waals surface area (Å²) in [7, 11) is 0. The van der Waals surface area contributed by atoms with Crippen molar-refractivity contribution in [1.82, 2.24) is 10.3 Å². The summed E-state index contributed by atoms with van der Waals surface area (Å²) in [6, 6.07) is 10.3. The second-order valence-electron chi connectivity index (χ2n) is 5.56. The summed E-state index contributed by atoms with van der Waals surface area (Å²) in [6.07, 6.45) is 0. The lowest BCUT2D eigenvalue weighted by molar-refractivity contribution is 0.0947. The number of amides is 1. The lowest BCUT2D eigenvalue weighted by Crippen LogP contribution is -2.23. The molecule has 0 aliphatic rings. The maximum absolute atomic E-state index is 13.7. The summed E-state index contributed by atoms with van der Waals surface area (Å²) in [5, 5.41) is 3.91. The minimum Gasteiger partial charge on any atom is -0.358 e. The van der Waals surface area contributed by atoms with Crippen LogP contribution in [0.25, 0.3) is 10.9 Å². The van der Waals surface area contributed by atoms with Crippen molar-refractivity contribution in [2.75, 3.05) is 0 Å². The van der Waals surface area contributed by atoms with Crippen LogP contribution in [0.4, 0.5) is 4.39 Å². The third-order valence-corrected chi connectivity index (χ3v) is 4.49. The lowest BCUT2D eigenvalue weighted by Gasteiger charge is -2.07. The van der Waals surface area contributed by atoms with Crippen LogP contribution in [0.5, 0.6) is 0 Å². The quantitative estimate of drug-likeness (QED) is 0.690. The highest BCUT2D eigenvalue weighted by molar-refractivity contribution is 9.10. The minimum atomic E-state index is -0.529. The molecule has 1 aromatic heterocycles. The fourth-order valence-corrected chi connectivity index (χ4v) is 2.93. The maximum atomic E-state index is 13.7. The Morgan fingerprint density at radius 1 is 1.22 bits per heavy atom. The van der Waals surface area contributed by atoms with E-state index in [1.807, 2.05) is 25.1 Å². The molecular weight excluding hydrogens is 359 g/mol. The number of rotatable bonds is 3. The number of nitrogens with one attached hydrogen (secondary N) is 2. The number of carbonyl (C=O) groups excluding carboxylic acids is 1. The highest BCUT2D eigenvalue weighted by atomic mass is 79.9. The van der Waals surface area contributed by atoms with Crippen molar-refractivity contribution in [2.45, 2.75) is 20.4 Å². The van der Waals surface area contributed by atoms with Gasteiger partial charge in [0.15, 0.2) is 0 Å². The predicted octanol–water partition coefficient (Wildman–Crippen LogP) is 4.62. The van der Waals surface area contributed by atoms with Crippen LogP contribution in [0, 0.1) is 19.7 Å². The molecule has 3 nitrogen and oxygen atoms in total. The van der Waals surface area contributed by atoms with Gasteiger partial charge in [-0.25, -0.2) is 4.39 Å². The van der Waals surface area contributed by atoms with Gasteiger partial charge in [-0.2, -0.15) is 0 Å². The molecule has 0 spiro atoms. The van der Waals surface area contributed by atoms with Crippen LogP contribution >= 0.6 is 15.9 Å². The zero-order valence-corrected chi connectivity index (χ0v) is 14.4. The third kappa shape index (κ3) is 3.15. The Labute approximate surface area is 142 Å². The molecule has 0 aliphatic carbocycles. The molecule has 23 heavy (non-hydrogen) atoms. The molecule has 2 aromatic carbocycles. The number of halogens is 2. The lowest BCUT2D eigenvalue weighted by atomic mass is 10.1. The molecule has 3 rings (SSSR count). The van der Waals surface area contributed by atoms with E-state index in [1.54, 1.807) is 6.07 Å². The second kappa shape index (κ2) is 6.16. The standard InChI is InChI=1S/C18H16BrFN2O/c1-10-11(2)22-17-6-3-12(7-14(10)17)9-21-18(23)15-8-13(19)4-5-16(15)20/h3-8,22H,9H2,1-2H3,(H,21,23). The van der Waals surface area contributed by atoms with Gasteiger partial charge in [0.05, 0.1) is 5.56 Å². The van der Waals surface area contributed by atoms with Crippen molar-refractivity contribution in [2.24, 2.45) is 0 Å². The summed E-state index contributed by atoms with van der Waals surface area (Å²) in [4.78, 5) is 15.5. The molecular formula is C18H16BrFN2O. The van der Waals surface area contributed by atoms with Crippen molar-refractivity contribution in [1.29, 1.82) is 0 Å². The Kier molecular flexibility index (Phi) is 4.22. The Morgan fingerprint density at radius 2 is 2.00 bits per heavy atom. The number of fused-ring (bicyclic) bond motifs is 1. The third-order valence-electron chi connectivity index (χ3n) is 4.00. The smallest absolute Gasteiger partial charge is 0.254 e. The summed E-state index contributed by atoms with van der Waals surface area (Å²) in [5.74, 6) is -0.955. The van der Waals surface area contributed by atoms with Gasteiger partial charge >= 0.3 is 0 Å². The number of aromatic nitrogens is 1. The van der Waals surface area contributed by atoms with Crippen molar-refractivity contribution in [3.05, 3.63) is 69.1 Å². The fourth-order valence-electron chi connectivity index (χ4n) is 2.57. The van der Waals surface area contributed by atoms with Gasteiger partial charge in [-0.15, -0.1) is 0 Å². The van der Waals surface area contributed by atoms with E-state index in [-0.39, 0.29) is 5.56 Å². The largest absolute Gasteiger partial charge is 0.358 e. The average molecular weight is 375 g/mol. The molecule has 0 fully saturated rings. The van der Waals surface area contributed by atoms with Crippen LogP contribution in [-0.2, 0) is 6.54 Å². The van der Waals surface area contributed by atoms with Crippen LogP contribution in [0.2, 0.25) is 0 Å². The molecule has 2 N–H and O–H groups in total. The highest BCUT2D eigenvalue weighted by Crippen LogP contribution is 2.22. The molecule has 0 atom stereocenters. The van der Waals surface area contributed by atoms with Gasteiger partial charge in [0.2, 0.25) is 0 Å². The summed E-state index contributed by atoms with van der Waals surface area (Å²) >= 11 is 3.25. The average Bonchev–Trinajstić information content (AvgIpc) is 2.82. The van der Waals surface area contributed by atoms with Gasteiger partial charge < -0.3 is 10.3 Å². The van der Waals surface area contributed by atoms with E-state index in [2.05, 4.69) is 33.2 Å². The first-order chi connectivity index (χ1) is 11.0. The molecule has 0 saturated heterocycles. The van der Waals surface area contributed by atoms with Crippen LogP contribution in [0.1, 0.15) is 27.2 Å². The summed E-state index contributed by atoms with van der Waals surface area (Å²) < 4.78 is 14.4. The Morgan fingerprint density at radius 3 is 2.78 bits per heavy atom. The van der Waals surface area contributed by atoms with Crippen molar-refractivity contribution >= 4 is 32.7 Å². The number of hydrogen-bond donors (Lipinski definition) is 2. The minimum absolute atomic E-state index is 0.0362. The number of hydrogen-bond acceptors (Lipinski definition) is 1. The van der Waals surface area contributed by atoms with Gasteiger partial charge in [0.1, 0.15) is 5.82 Å². The maximum Gasteiger partial charge on any atom is 0.254 e. The number of aryl methyl sites for hydroxylation is 2. The molecule has 1 amide bonds. The summed E-state index contributed by atoms with van der Waals surface area (Å²) in [6.45, 7) is 4.45. The van der Waals surface area contributed by atoms with Crippen LogP contribution in [0.15, 0.2) is 40.9 Å². The van der Waals surface area contributed by atoms with Crippen LogP contribution in [-0.4, -0.2) is 10.9 Å². The molecule has 0 unspecified atom stereocenters. The predicted molar refractivity (Wildman–Crippen MR) is 93.0 cm³/mol. The van der Waals surface area contributed by atoms with Crippen molar-refractivity contribution < 1.29 is 9.18 Å². The summed E-state index contributed by atoms with van der Waals surface area (Å²) in [5.41, 5.74) is 4.43. The molecule has 118 valence electrons. The first kappa shape index (κ1) is 15.7. The molecule has 0 radical (unpaired) electrons. The van der Waals surface area contributed by atoms with E-state index in [1.165, 1.54) is 17.7 Å². The zero-order chi connectivity index (χ0) is 16.6. The SMILES string of the molecule is Cc1[nH]c2ccc(CNC(=O)c3cc(Br)ccc3F)cc2c1C. The van der Waals surface area contributed by atoms with Crippen molar-refractivity contribution in [3.63, 3.8) is 0 Å². The van der Waals surface area contributed by atoms with E-state index in [9.17, 15) is 9.18 Å². The monoisotopic (exact) mass is 374 g/mol. The Balaban J connectivity index is 1.79. The van der Waals surface area contributed by atoms with Crippen LogP contribution in [0.3, 0.4) is 0 Å². The fraction of sp³-hybridized carbons (Fsp3) is 0.167. The molecule has 0 bridgehead atoms. The van der Waals surface area contributed by atoms with Crippen molar-refractivity contribution in [3.8, 4) is 0 Å². The first-order valence-corrected chi connectivity index (χ1v) is 8.06. The number of benzene rings is 2. The highest BCUT2D eigenvalue weighted by Gasteiger charge is 2.12. The van der Waals surface area contributed by atoms with E-state index < -0.39 is 11.7 Å². The molecule has 0 aliphatic heterocycles. The van der Waals surface area contributed by atoms with Gasteiger partial charge in [-0.05, 0) is 55.3 Å².